The molecule has 0 aliphatic heterocycles. The van der Waals surface area contributed by atoms with Crippen molar-refractivity contribution in [2.75, 3.05) is 6.26 Å². The van der Waals surface area contributed by atoms with E-state index in [4.69, 9.17) is 0 Å². The molecule has 0 heterocycles. The van der Waals surface area contributed by atoms with Crippen LogP contribution in [-0.4, -0.2) is 22.7 Å². The lowest BCUT2D eigenvalue weighted by atomic mass is 10.5. The Labute approximate surface area is 38.2 Å². The first-order valence-corrected chi connectivity index (χ1v) is 3.34. The van der Waals surface area contributed by atoms with Gasteiger partial charge in [-0.3, -0.25) is 4.63 Å². The van der Waals surface area contributed by atoms with Crippen LogP contribution in [-0.2, 0) is 10.0 Å². The van der Waals surface area contributed by atoms with E-state index in [1.807, 2.05) is 0 Å². The van der Waals surface area contributed by atoms with Crippen molar-refractivity contribution in [3.63, 3.8) is 0 Å². The third kappa shape index (κ3) is 3.97. The van der Waals surface area contributed by atoms with Crippen LogP contribution in [0.4, 0.5) is 0 Å². The van der Waals surface area contributed by atoms with E-state index in [-0.39, 0.29) is 0 Å². The molecule has 1 N–H and O–H groups in total. The van der Waals surface area contributed by atoms with E-state index >= 15 is 0 Å². The zero-order chi connectivity index (χ0) is 5.21. The summed E-state index contributed by atoms with van der Waals surface area (Å²) >= 11 is 0. The summed E-state index contributed by atoms with van der Waals surface area (Å²) in [5.74, 6) is 0. The van der Waals surface area contributed by atoms with Crippen LogP contribution >= 0.6 is 0 Å². The average molecular weight is 107 g/mol. The maximum Gasteiger partial charge on any atom is 0.201 e. The zero-order valence-electron chi connectivity index (χ0n) is 3.72. The first-order chi connectivity index (χ1) is 2.56. The molecule has 0 saturated heterocycles. The van der Waals surface area contributed by atoms with E-state index in [0.29, 0.717) is 0 Å². The lowest BCUT2D eigenvalue weighted by Gasteiger charge is -1.85. The van der Waals surface area contributed by atoms with Gasteiger partial charge in [-0.25, -0.2) is 8.42 Å². The second-order valence-electron chi connectivity index (χ2n) is 0.976. The predicted octanol–water partition coefficient (Wildman–Crippen LogP) is -1.92. The highest BCUT2D eigenvalue weighted by atomic mass is 32.2. The SMILES string of the molecule is BNS(C)(=O)=O. The second-order valence-corrected chi connectivity index (χ2v) is 2.93. The van der Waals surface area contributed by atoms with Gasteiger partial charge in [0.25, 0.3) is 0 Å². The minimum absolute atomic E-state index is 1.10. The third-order valence-electron chi connectivity index (χ3n) is 0.371. The molecule has 5 heteroatoms. The highest BCUT2D eigenvalue weighted by Gasteiger charge is 1.88. The van der Waals surface area contributed by atoms with E-state index in [0.717, 1.165) is 6.26 Å². The minimum atomic E-state index is -2.91. The Morgan fingerprint density at radius 2 is 1.83 bits per heavy atom. The molecule has 0 rings (SSSR count). The van der Waals surface area contributed by atoms with Crippen LogP contribution in [0.15, 0.2) is 0 Å². The van der Waals surface area contributed by atoms with E-state index in [1.165, 1.54) is 7.98 Å². The van der Waals surface area contributed by atoms with Crippen LogP contribution in [0.3, 0.4) is 0 Å². The van der Waals surface area contributed by atoms with Gasteiger partial charge in [0.15, 0.2) is 10.0 Å². The molecule has 0 aliphatic rings. The third-order valence-corrected chi connectivity index (χ3v) is 1.11. The predicted molar refractivity (Wildman–Crippen MR) is 26.5 cm³/mol. The molecule has 0 amide bonds. The quantitative estimate of drug-likeness (QED) is 0.397. The van der Waals surface area contributed by atoms with Gasteiger partial charge in [-0.15, -0.1) is 0 Å². The van der Waals surface area contributed by atoms with Crippen LogP contribution in [0.5, 0.6) is 0 Å². The smallest absolute Gasteiger partial charge is 0.201 e. The fourth-order valence-corrected chi connectivity index (χ4v) is 0. The van der Waals surface area contributed by atoms with Gasteiger partial charge in [0.1, 0.15) is 0 Å². The molecule has 0 atom stereocenters. The lowest BCUT2D eigenvalue weighted by molar-refractivity contribution is 0.600. The topological polar surface area (TPSA) is 46.2 Å². The molecule has 0 radical (unpaired) electrons. The maximum absolute atomic E-state index is 9.89. The zero-order valence-corrected chi connectivity index (χ0v) is 4.54. The number of rotatable bonds is 1. The molecule has 36 valence electrons. The highest BCUT2D eigenvalue weighted by Crippen LogP contribution is 1.61. The van der Waals surface area contributed by atoms with Gasteiger partial charge in [-0.05, 0) is 0 Å². The molecule has 0 aromatic carbocycles. The molecule has 0 unspecified atom stereocenters. The summed E-state index contributed by atoms with van der Waals surface area (Å²) in [7, 11) is -1.54. The van der Waals surface area contributed by atoms with Crippen molar-refractivity contribution in [3.8, 4) is 0 Å². The summed E-state index contributed by atoms with van der Waals surface area (Å²) in [6.45, 7) is 0. The van der Waals surface area contributed by atoms with Gasteiger partial charge in [0.2, 0.25) is 7.98 Å². The van der Waals surface area contributed by atoms with Crippen molar-refractivity contribution in [1.82, 2.24) is 4.63 Å². The Kier molecular flexibility index (Phi) is 1.61. The number of sulfonamides is 1. The molecule has 3 nitrogen and oxygen atoms in total. The number of hydrogen-bond acceptors (Lipinski definition) is 2. The van der Waals surface area contributed by atoms with Gasteiger partial charge in [-0.1, -0.05) is 0 Å². The maximum atomic E-state index is 9.89. The Morgan fingerprint density at radius 3 is 1.83 bits per heavy atom. The van der Waals surface area contributed by atoms with Crippen LogP contribution in [0.2, 0.25) is 0 Å². The molecule has 0 saturated carbocycles. The van der Waals surface area contributed by atoms with Crippen molar-refractivity contribution < 1.29 is 8.42 Å². The van der Waals surface area contributed by atoms with Gasteiger partial charge in [0, 0.05) is 0 Å². The van der Waals surface area contributed by atoms with Crippen LogP contribution < -0.4 is 4.63 Å². The van der Waals surface area contributed by atoms with E-state index in [9.17, 15) is 8.42 Å². The Morgan fingerprint density at radius 1 is 1.67 bits per heavy atom. The second kappa shape index (κ2) is 1.62. The fraction of sp³-hybridized carbons (Fsp3) is 1.00. The van der Waals surface area contributed by atoms with Crippen molar-refractivity contribution in [3.05, 3.63) is 0 Å². The lowest BCUT2D eigenvalue weighted by Crippen LogP contribution is -2.17. The summed E-state index contributed by atoms with van der Waals surface area (Å²) in [4.78, 5) is 0. The molecule has 0 fully saturated rings. The van der Waals surface area contributed by atoms with Gasteiger partial charge in [-0.2, -0.15) is 0 Å². The molecule has 0 aromatic rings. The molecule has 0 spiro atoms. The Bertz CT molecular complexity index is 116. The van der Waals surface area contributed by atoms with E-state index in [2.05, 4.69) is 4.63 Å². The average Bonchev–Trinajstić information content (AvgIpc) is 1.35. The summed E-state index contributed by atoms with van der Waals surface area (Å²) < 4.78 is 21.9. The molecular formula is CH6BNO2S. The number of nitrogens with one attached hydrogen (secondary N) is 1. The Balaban J connectivity index is 3.85. The molecule has 0 aromatic heterocycles. The molecule has 0 bridgehead atoms. The highest BCUT2D eigenvalue weighted by molar-refractivity contribution is 7.89. The summed E-state index contributed by atoms with van der Waals surface area (Å²) in [6, 6.07) is 0. The van der Waals surface area contributed by atoms with Crippen molar-refractivity contribution in [2.24, 2.45) is 0 Å². The summed E-state index contributed by atoms with van der Waals surface area (Å²) in [6.07, 6.45) is 1.10. The van der Waals surface area contributed by atoms with Gasteiger partial charge in [0.05, 0.1) is 6.26 Å². The van der Waals surface area contributed by atoms with Crippen LogP contribution in [0, 0.1) is 0 Å². The van der Waals surface area contributed by atoms with Crippen molar-refractivity contribution in [2.45, 2.75) is 0 Å². The fourth-order valence-electron chi connectivity index (χ4n) is 0. The molecule has 6 heavy (non-hydrogen) atoms. The Hall–Kier alpha value is -0.0251. The minimum Gasteiger partial charge on any atom is -0.263 e. The standard InChI is InChI=1S/CH6BNO2S/c1-6(4,5)3-2/h3H,2H2,1H3. The van der Waals surface area contributed by atoms with Gasteiger partial charge >= 0.3 is 0 Å². The normalized spacial score (nSPS) is 11.5. The van der Waals surface area contributed by atoms with E-state index in [1.54, 1.807) is 0 Å². The van der Waals surface area contributed by atoms with Gasteiger partial charge < -0.3 is 0 Å². The number of hydrogen-bond donors (Lipinski definition) is 1. The van der Waals surface area contributed by atoms with Crippen LogP contribution in [0.1, 0.15) is 0 Å². The summed E-state index contributed by atoms with van der Waals surface area (Å²) in [5, 5.41) is 0. The molecular weight excluding hydrogens is 101 g/mol. The first-order valence-electron chi connectivity index (χ1n) is 1.45. The van der Waals surface area contributed by atoms with E-state index < -0.39 is 10.0 Å². The monoisotopic (exact) mass is 107 g/mol. The molecule has 0 aliphatic carbocycles. The summed E-state index contributed by atoms with van der Waals surface area (Å²) in [5.41, 5.74) is 0. The van der Waals surface area contributed by atoms with Crippen molar-refractivity contribution >= 4 is 18.0 Å². The first kappa shape index (κ1) is 5.97. The largest absolute Gasteiger partial charge is 0.263 e. The van der Waals surface area contributed by atoms with Crippen molar-refractivity contribution in [1.29, 1.82) is 0 Å². The van der Waals surface area contributed by atoms with Crippen LogP contribution in [0.25, 0.3) is 0 Å².